The Hall–Kier alpha value is -1.71. The first-order chi connectivity index (χ1) is 8.65. The summed E-state index contributed by atoms with van der Waals surface area (Å²) in [5.41, 5.74) is 6.29. The van der Waals surface area contributed by atoms with Crippen LogP contribution in [0, 0.1) is 5.92 Å². The quantitative estimate of drug-likeness (QED) is 0.800. The summed E-state index contributed by atoms with van der Waals surface area (Å²) in [7, 11) is 0. The normalized spacial score (nSPS) is 22.7. The molecule has 0 saturated heterocycles. The van der Waals surface area contributed by atoms with Crippen LogP contribution in [0.5, 0.6) is 5.75 Å². The molecule has 0 radical (unpaired) electrons. The Bertz CT molecular complexity index is 420. The van der Waals surface area contributed by atoms with Crippen molar-refractivity contribution in [1.29, 1.82) is 0 Å². The average Bonchev–Trinajstić information content (AvgIpc) is 2.74. The lowest BCUT2D eigenvalue weighted by atomic mass is 10.1. The zero-order chi connectivity index (χ0) is 13.0. The number of carbonyl (C=O) groups is 1. The third-order valence-electron chi connectivity index (χ3n) is 3.34. The van der Waals surface area contributed by atoms with E-state index in [9.17, 15) is 4.79 Å². The van der Waals surface area contributed by atoms with Crippen molar-refractivity contribution in [2.45, 2.75) is 32.2 Å². The average molecular weight is 248 g/mol. The van der Waals surface area contributed by atoms with E-state index in [1.165, 1.54) is 6.42 Å². The largest absolute Gasteiger partial charge is 0.482 e. The van der Waals surface area contributed by atoms with Gasteiger partial charge in [0.05, 0.1) is 5.69 Å². The molecule has 2 unspecified atom stereocenters. The number of rotatable bonds is 4. The highest BCUT2D eigenvalue weighted by molar-refractivity contribution is 5.78. The van der Waals surface area contributed by atoms with Gasteiger partial charge in [-0.25, -0.2) is 0 Å². The molecule has 1 aliphatic rings. The van der Waals surface area contributed by atoms with Crippen molar-refractivity contribution >= 4 is 11.6 Å². The van der Waals surface area contributed by atoms with Crippen LogP contribution in [0.3, 0.4) is 0 Å². The maximum absolute atomic E-state index is 11.7. The lowest BCUT2D eigenvalue weighted by molar-refractivity contribution is -0.123. The van der Waals surface area contributed by atoms with E-state index in [0.29, 0.717) is 23.4 Å². The van der Waals surface area contributed by atoms with Crippen molar-refractivity contribution in [2.24, 2.45) is 5.92 Å². The number of amides is 1. The Labute approximate surface area is 108 Å². The van der Waals surface area contributed by atoms with Crippen LogP contribution in [0.15, 0.2) is 24.3 Å². The summed E-state index contributed by atoms with van der Waals surface area (Å²) in [4.78, 5) is 11.7. The molecular formula is C14H20N2O2. The number of ether oxygens (including phenoxy) is 1. The van der Waals surface area contributed by atoms with Gasteiger partial charge in [-0.1, -0.05) is 19.1 Å². The highest BCUT2D eigenvalue weighted by Crippen LogP contribution is 2.24. The fraction of sp³-hybridized carbons (Fsp3) is 0.500. The minimum atomic E-state index is -0.0719. The lowest BCUT2D eigenvalue weighted by Crippen LogP contribution is -2.36. The number of nitrogens with two attached hydrogens (primary N) is 1. The summed E-state index contributed by atoms with van der Waals surface area (Å²) in [6.07, 6.45) is 3.33. The third kappa shape index (κ3) is 3.39. The van der Waals surface area contributed by atoms with Crippen LogP contribution >= 0.6 is 0 Å². The Morgan fingerprint density at radius 3 is 2.89 bits per heavy atom. The number of benzene rings is 1. The van der Waals surface area contributed by atoms with E-state index in [4.69, 9.17) is 10.5 Å². The van der Waals surface area contributed by atoms with Crippen molar-refractivity contribution in [3.8, 4) is 5.75 Å². The molecule has 1 saturated carbocycles. The molecule has 0 heterocycles. The van der Waals surface area contributed by atoms with Crippen molar-refractivity contribution < 1.29 is 9.53 Å². The van der Waals surface area contributed by atoms with E-state index in [-0.39, 0.29) is 12.5 Å². The maximum Gasteiger partial charge on any atom is 0.258 e. The van der Waals surface area contributed by atoms with Crippen molar-refractivity contribution in [1.82, 2.24) is 5.32 Å². The van der Waals surface area contributed by atoms with Gasteiger partial charge in [-0.2, -0.15) is 0 Å². The van der Waals surface area contributed by atoms with Gasteiger partial charge in [0.15, 0.2) is 6.61 Å². The zero-order valence-electron chi connectivity index (χ0n) is 10.7. The molecule has 0 bridgehead atoms. The van der Waals surface area contributed by atoms with Crippen molar-refractivity contribution in [3.63, 3.8) is 0 Å². The van der Waals surface area contributed by atoms with Crippen LogP contribution in [0.1, 0.15) is 26.2 Å². The number of carbonyl (C=O) groups excluding carboxylic acids is 1. The van der Waals surface area contributed by atoms with E-state index in [1.807, 2.05) is 12.1 Å². The van der Waals surface area contributed by atoms with Gasteiger partial charge in [0.2, 0.25) is 0 Å². The number of nitrogen functional groups attached to an aromatic ring is 1. The Morgan fingerprint density at radius 1 is 1.44 bits per heavy atom. The summed E-state index contributed by atoms with van der Waals surface area (Å²) >= 11 is 0. The highest BCUT2D eigenvalue weighted by Gasteiger charge is 2.22. The first-order valence-corrected chi connectivity index (χ1v) is 6.42. The van der Waals surface area contributed by atoms with Crippen LogP contribution < -0.4 is 15.8 Å². The standard InChI is InChI=1S/C14H20N2O2/c1-10-6-7-11(8-10)16-14(17)9-18-13-5-3-2-4-12(13)15/h2-5,10-11H,6-9,15H2,1H3,(H,16,17). The molecule has 0 aliphatic heterocycles. The Morgan fingerprint density at radius 2 is 2.22 bits per heavy atom. The van der Waals surface area contributed by atoms with Crippen LogP contribution in [0.25, 0.3) is 0 Å². The predicted molar refractivity (Wildman–Crippen MR) is 71.3 cm³/mol. The van der Waals surface area contributed by atoms with E-state index >= 15 is 0 Å². The van der Waals surface area contributed by atoms with Gasteiger partial charge in [-0.3, -0.25) is 4.79 Å². The second-order valence-electron chi connectivity index (χ2n) is 5.01. The molecule has 4 heteroatoms. The topological polar surface area (TPSA) is 64.3 Å². The summed E-state index contributed by atoms with van der Waals surface area (Å²) in [5.74, 6) is 1.20. The molecule has 1 aliphatic carbocycles. The van der Waals surface area contributed by atoms with Gasteiger partial charge in [0.25, 0.3) is 5.91 Å². The van der Waals surface area contributed by atoms with Gasteiger partial charge in [-0.15, -0.1) is 0 Å². The van der Waals surface area contributed by atoms with Gasteiger partial charge in [0.1, 0.15) is 5.75 Å². The number of hydrogen-bond acceptors (Lipinski definition) is 3. The Kier molecular flexibility index (Phi) is 4.07. The second kappa shape index (κ2) is 5.76. The molecular weight excluding hydrogens is 228 g/mol. The van der Waals surface area contributed by atoms with Crippen LogP contribution in [0.2, 0.25) is 0 Å². The fourth-order valence-electron chi connectivity index (χ4n) is 2.36. The summed E-state index contributed by atoms with van der Waals surface area (Å²) < 4.78 is 5.40. The molecule has 0 aromatic heterocycles. The van der Waals surface area contributed by atoms with Crippen LogP contribution in [0.4, 0.5) is 5.69 Å². The molecule has 3 N–H and O–H groups in total. The molecule has 1 amide bonds. The molecule has 0 spiro atoms. The predicted octanol–water partition coefficient (Wildman–Crippen LogP) is 1.95. The minimum Gasteiger partial charge on any atom is -0.482 e. The second-order valence-corrected chi connectivity index (χ2v) is 5.01. The first-order valence-electron chi connectivity index (χ1n) is 6.42. The van der Waals surface area contributed by atoms with Gasteiger partial charge in [-0.05, 0) is 37.3 Å². The number of nitrogens with one attached hydrogen (secondary N) is 1. The molecule has 2 atom stereocenters. The van der Waals surface area contributed by atoms with Crippen molar-refractivity contribution in [3.05, 3.63) is 24.3 Å². The monoisotopic (exact) mass is 248 g/mol. The molecule has 1 fully saturated rings. The molecule has 1 aromatic carbocycles. The molecule has 1 aromatic rings. The first kappa shape index (κ1) is 12.7. The molecule has 2 rings (SSSR count). The zero-order valence-corrected chi connectivity index (χ0v) is 10.7. The minimum absolute atomic E-state index is 0.0269. The molecule has 4 nitrogen and oxygen atoms in total. The van der Waals surface area contributed by atoms with Gasteiger partial charge >= 0.3 is 0 Å². The fourth-order valence-corrected chi connectivity index (χ4v) is 2.36. The third-order valence-corrected chi connectivity index (χ3v) is 3.34. The highest BCUT2D eigenvalue weighted by atomic mass is 16.5. The van der Waals surface area contributed by atoms with Crippen LogP contribution in [-0.4, -0.2) is 18.6 Å². The summed E-state index contributed by atoms with van der Waals surface area (Å²) in [5, 5.41) is 2.99. The number of hydrogen-bond donors (Lipinski definition) is 2. The number of anilines is 1. The summed E-state index contributed by atoms with van der Waals surface area (Å²) in [6, 6.07) is 7.50. The smallest absolute Gasteiger partial charge is 0.258 e. The summed E-state index contributed by atoms with van der Waals surface area (Å²) in [6.45, 7) is 2.24. The maximum atomic E-state index is 11.7. The molecule has 98 valence electrons. The van der Waals surface area contributed by atoms with E-state index in [0.717, 1.165) is 12.8 Å². The van der Waals surface area contributed by atoms with Crippen molar-refractivity contribution in [2.75, 3.05) is 12.3 Å². The number of para-hydroxylation sites is 2. The van der Waals surface area contributed by atoms with E-state index in [2.05, 4.69) is 12.2 Å². The van der Waals surface area contributed by atoms with Gasteiger partial charge in [0, 0.05) is 6.04 Å². The van der Waals surface area contributed by atoms with E-state index in [1.54, 1.807) is 12.1 Å². The Balaban J connectivity index is 1.77. The van der Waals surface area contributed by atoms with E-state index < -0.39 is 0 Å². The lowest BCUT2D eigenvalue weighted by Gasteiger charge is -2.13. The SMILES string of the molecule is CC1CCC(NC(=O)COc2ccccc2N)C1. The molecule has 18 heavy (non-hydrogen) atoms. The van der Waals surface area contributed by atoms with Crippen LogP contribution in [-0.2, 0) is 4.79 Å². The van der Waals surface area contributed by atoms with Gasteiger partial charge < -0.3 is 15.8 Å².